The fraction of sp³-hybridized carbons (Fsp3) is 0. The fourth-order valence-corrected chi connectivity index (χ4v) is 0. The van der Waals surface area contributed by atoms with Crippen LogP contribution in [0.5, 0.6) is 0 Å². The molecule has 0 amide bonds. The van der Waals surface area contributed by atoms with Gasteiger partial charge in [-0.1, -0.05) is 0 Å². The van der Waals surface area contributed by atoms with Crippen molar-refractivity contribution in [3.8, 4) is 0 Å². The second-order valence-electron chi connectivity index (χ2n) is 0. The van der Waals surface area contributed by atoms with Gasteiger partial charge in [0.05, 0.1) is 0 Å². The van der Waals surface area contributed by atoms with Crippen molar-refractivity contribution in [2.75, 3.05) is 0 Å². The van der Waals surface area contributed by atoms with Crippen LogP contribution in [-0.2, 0) is 19.5 Å². The zero-order valence-corrected chi connectivity index (χ0v) is 4.94. The van der Waals surface area contributed by atoms with E-state index in [0.29, 0.717) is 0 Å². The first-order chi connectivity index (χ1) is 0. The molecule has 0 bridgehead atoms. The van der Waals surface area contributed by atoms with Gasteiger partial charge in [0.15, 0.2) is 0 Å². The SMILES string of the molecule is O.O.[Br-].[Rh+3]. The molecule has 4 heavy (non-hydrogen) atoms. The van der Waals surface area contributed by atoms with Crippen LogP contribution in [0.2, 0.25) is 0 Å². The van der Waals surface area contributed by atoms with Gasteiger partial charge in [0, 0.05) is 0 Å². The number of rotatable bonds is 0. The third kappa shape index (κ3) is 11.8. The predicted molar refractivity (Wildman–Crippen MR) is 7.23 cm³/mol. The monoisotopic (exact) mass is 218 g/mol. The molecule has 0 saturated heterocycles. The van der Waals surface area contributed by atoms with Gasteiger partial charge in [-0.3, -0.25) is 0 Å². The molecule has 0 aliphatic heterocycles. The normalized spacial score (nSPS) is 0. The van der Waals surface area contributed by atoms with Crippen molar-refractivity contribution in [3.63, 3.8) is 0 Å². The maximum Gasteiger partial charge on any atom is 3.00 e. The van der Waals surface area contributed by atoms with E-state index in [-0.39, 0.29) is 47.4 Å². The summed E-state index contributed by atoms with van der Waals surface area (Å²) in [5.41, 5.74) is 0. The van der Waals surface area contributed by atoms with E-state index >= 15 is 0 Å². The third-order valence-electron chi connectivity index (χ3n) is 0. The van der Waals surface area contributed by atoms with E-state index in [1.165, 1.54) is 0 Å². The molecule has 0 fully saturated rings. The Bertz CT molecular complexity index is 6.00. The zero-order chi connectivity index (χ0) is 0. The minimum atomic E-state index is 0. The average Bonchev–Trinajstić information content (AvgIpc) is 0. The van der Waals surface area contributed by atoms with Crippen LogP contribution in [0.1, 0.15) is 0 Å². The first-order valence-corrected chi connectivity index (χ1v) is 0. The van der Waals surface area contributed by atoms with E-state index in [9.17, 15) is 0 Å². The fourth-order valence-electron chi connectivity index (χ4n) is 0. The van der Waals surface area contributed by atoms with E-state index < -0.39 is 0 Å². The van der Waals surface area contributed by atoms with Crippen LogP contribution >= 0.6 is 0 Å². The summed E-state index contributed by atoms with van der Waals surface area (Å²) in [6, 6.07) is 0. The molecule has 30 valence electrons. The molecule has 0 aromatic carbocycles. The second-order valence-corrected chi connectivity index (χ2v) is 0. The summed E-state index contributed by atoms with van der Waals surface area (Å²) in [6.07, 6.45) is 0. The Labute approximate surface area is 47.7 Å². The average molecular weight is 219 g/mol. The Hall–Kier alpha value is 1.02. The molecule has 0 aromatic heterocycles. The molecule has 0 unspecified atom stereocenters. The molecule has 0 aliphatic rings. The largest absolute Gasteiger partial charge is 3.00 e. The van der Waals surface area contributed by atoms with Crippen molar-refractivity contribution in [2.24, 2.45) is 0 Å². The van der Waals surface area contributed by atoms with Gasteiger partial charge < -0.3 is 27.9 Å². The Balaban J connectivity index is 0. The van der Waals surface area contributed by atoms with Crippen LogP contribution in [-0.4, -0.2) is 11.0 Å². The van der Waals surface area contributed by atoms with E-state index in [1.54, 1.807) is 0 Å². The van der Waals surface area contributed by atoms with Gasteiger partial charge in [0.25, 0.3) is 0 Å². The summed E-state index contributed by atoms with van der Waals surface area (Å²) in [7, 11) is 0. The predicted octanol–water partition coefficient (Wildman–Crippen LogP) is -4.65. The first kappa shape index (κ1) is 77.6. The molecular formula is H4BrO2Rh+2. The molecule has 0 heterocycles. The van der Waals surface area contributed by atoms with Crippen molar-refractivity contribution in [1.82, 2.24) is 0 Å². The Kier molecular flexibility index (Phi) is 682. The van der Waals surface area contributed by atoms with Crippen molar-refractivity contribution in [3.05, 3.63) is 0 Å². The summed E-state index contributed by atoms with van der Waals surface area (Å²) in [6.45, 7) is 0. The molecule has 0 spiro atoms. The summed E-state index contributed by atoms with van der Waals surface area (Å²) in [5, 5.41) is 0. The molecule has 0 radical (unpaired) electrons. The number of halogens is 1. The van der Waals surface area contributed by atoms with Gasteiger partial charge in [-0.25, -0.2) is 0 Å². The van der Waals surface area contributed by atoms with E-state index in [0.717, 1.165) is 0 Å². The van der Waals surface area contributed by atoms with Crippen molar-refractivity contribution >= 4 is 0 Å². The van der Waals surface area contributed by atoms with Gasteiger partial charge in [-0.15, -0.1) is 0 Å². The topological polar surface area (TPSA) is 63.0 Å². The van der Waals surface area contributed by atoms with Gasteiger partial charge in [-0.05, 0) is 0 Å². The van der Waals surface area contributed by atoms with Gasteiger partial charge in [0.1, 0.15) is 0 Å². The quantitative estimate of drug-likeness (QED) is 0.368. The maximum absolute atomic E-state index is 0. The first-order valence-electron chi connectivity index (χ1n) is 0. The van der Waals surface area contributed by atoms with Crippen molar-refractivity contribution < 1.29 is 47.4 Å². The molecular weight excluding hydrogens is 215 g/mol. The molecule has 2 nitrogen and oxygen atoms in total. The molecule has 0 aromatic rings. The summed E-state index contributed by atoms with van der Waals surface area (Å²) in [4.78, 5) is 0. The smallest absolute Gasteiger partial charge is 1.00 e. The zero-order valence-electron chi connectivity index (χ0n) is 1.71. The molecule has 0 rings (SSSR count). The Morgan fingerprint density at radius 1 is 0.750 bits per heavy atom. The van der Waals surface area contributed by atoms with E-state index in [2.05, 4.69) is 0 Å². The van der Waals surface area contributed by atoms with Gasteiger partial charge in [-0.2, -0.15) is 0 Å². The van der Waals surface area contributed by atoms with Gasteiger partial charge in [0.2, 0.25) is 0 Å². The Morgan fingerprint density at radius 2 is 0.750 bits per heavy atom. The van der Waals surface area contributed by atoms with Crippen LogP contribution < -0.4 is 17.0 Å². The summed E-state index contributed by atoms with van der Waals surface area (Å²) in [5.74, 6) is 0. The summed E-state index contributed by atoms with van der Waals surface area (Å²) >= 11 is 0. The second kappa shape index (κ2) is 35.1. The van der Waals surface area contributed by atoms with E-state index in [4.69, 9.17) is 0 Å². The molecule has 4 N–H and O–H groups in total. The van der Waals surface area contributed by atoms with Crippen LogP contribution in [0, 0.1) is 0 Å². The minimum absolute atomic E-state index is 0. The third-order valence-corrected chi connectivity index (χ3v) is 0. The van der Waals surface area contributed by atoms with Crippen LogP contribution in [0.4, 0.5) is 0 Å². The van der Waals surface area contributed by atoms with Crippen LogP contribution in [0.3, 0.4) is 0 Å². The number of hydrogen-bond donors (Lipinski definition) is 0. The minimum Gasteiger partial charge on any atom is -1.00 e. The molecule has 0 aliphatic carbocycles. The van der Waals surface area contributed by atoms with Crippen LogP contribution in [0.15, 0.2) is 0 Å². The van der Waals surface area contributed by atoms with Gasteiger partial charge >= 0.3 is 19.5 Å². The Morgan fingerprint density at radius 3 is 0.750 bits per heavy atom. The standard InChI is InChI=1S/BrH.2H2O.Rh/h1H;2*1H2;/q;;;+3/p-1. The van der Waals surface area contributed by atoms with Crippen molar-refractivity contribution in [2.45, 2.75) is 0 Å². The molecule has 4 heteroatoms. The van der Waals surface area contributed by atoms with E-state index in [1.807, 2.05) is 0 Å². The van der Waals surface area contributed by atoms with Crippen LogP contribution in [0.25, 0.3) is 0 Å². The number of hydrogen-bond acceptors (Lipinski definition) is 0. The van der Waals surface area contributed by atoms with Crippen molar-refractivity contribution in [1.29, 1.82) is 0 Å². The summed E-state index contributed by atoms with van der Waals surface area (Å²) < 4.78 is 0. The molecule has 0 atom stereocenters. The molecule has 0 saturated carbocycles. The maximum atomic E-state index is 0.